The standard InChI is InChI=1S/C14H11ClO2/c1-17-12-6-7-13(14(15)8-12)11-4-2-10(9-16)3-5-11/h2-9H,1H3. The number of benzene rings is 2. The molecule has 0 radical (unpaired) electrons. The van der Waals surface area contributed by atoms with Gasteiger partial charge in [-0.3, -0.25) is 4.79 Å². The highest BCUT2D eigenvalue weighted by Gasteiger charge is 2.04. The van der Waals surface area contributed by atoms with Crippen molar-refractivity contribution in [2.24, 2.45) is 0 Å². The second-order valence-electron chi connectivity index (χ2n) is 3.59. The van der Waals surface area contributed by atoms with Crippen molar-refractivity contribution in [1.29, 1.82) is 0 Å². The molecule has 17 heavy (non-hydrogen) atoms. The van der Waals surface area contributed by atoms with E-state index in [2.05, 4.69) is 0 Å². The van der Waals surface area contributed by atoms with Crippen LogP contribution in [0.25, 0.3) is 11.1 Å². The second-order valence-corrected chi connectivity index (χ2v) is 3.99. The van der Waals surface area contributed by atoms with Crippen molar-refractivity contribution in [3.05, 3.63) is 53.1 Å². The molecule has 0 aliphatic heterocycles. The Hall–Kier alpha value is -1.80. The summed E-state index contributed by atoms with van der Waals surface area (Å²) in [5, 5.41) is 0.628. The molecular formula is C14H11ClO2. The number of hydrogen-bond acceptors (Lipinski definition) is 2. The molecule has 0 aromatic heterocycles. The van der Waals surface area contributed by atoms with E-state index < -0.39 is 0 Å². The van der Waals surface area contributed by atoms with Crippen molar-refractivity contribution in [3.8, 4) is 16.9 Å². The van der Waals surface area contributed by atoms with E-state index in [9.17, 15) is 4.79 Å². The van der Waals surface area contributed by atoms with Gasteiger partial charge in [-0.1, -0.05) is 35.9 Å². The van der Waals surface area contributed by atoms with Crippen LogP contribution in [0.3, 0.4) is 0 Å². The molecule has 3 heteroatoms. The highest BCUT2D eigenvalue weighted by atomic mass is 35.5. The highest BCUT2D eigenvalue weighted by molar-refractivity contribution is 6.33. The molecule has 86 valence electrons. The predicted molar refractivity (Wildman–Crippen MR) is 68.8 cm³/mol. The van der Waals surface area contributed by atoms with Gasteiger partial charge in [0.05, 0.1) is 12.1 Å². The fourth-order valence-corrected chi connectivity index (χ4v) is 1.88. The fourth-order valence-electron chi connectivity index (χ4n) is 1.60. The third-order valence-corrected chi connectivity index (χ3v) is 2.85. The number of carbonyl (C=O) groups is 1. The van der Waals surface area contributed by atoms with Gasteiger partial charge in [0.1, 0.15) is 12.0 Å². The van der Waals surface area contributed by atoms with Crippen molar-refractivity contribution in [2.75, 3.05) is 7.11 Å². The first kappa shape index (κ1) is 11.7. The van der Waals surface area contributed by atoms with Crippen LogP contribution in [-0.2, 0) is 0 Å². The van der Waals surface area contributed by atoms with Crippen LogP contribution < -0.4 is 4.74 Å². The number of rotatable bonds is 3. The Kier molecular flexibility index (Phi) is 3.45. The Morgan fingerprint density at radius 1 is 1.12 bits per heavy atom. The van der Waals surface area contributed by atoms with Crippen LogP contribution in [-0.4, -0.2) is 13.4 Å². The van der Waals surface area contributed by atoms with E-state index in [0.29, 0.717) is 10.6 Å². The summed E-state index contributed by atoms with van der Waals surface area (Å²) in [6.45, 7) is 0. The van der Waals surface area contributed by atoms with Crippen molar-refractivity contribution in [3.63, 3.8) is 0 Å². The minimum absolute atomic E-state index is 0.628. The van der Waals surface area contributed by atoms with Crippen molar-refractivity contribution < 1.29 is 9.53 Å². The summed E-state index contributed by atoms with van der Waals surface area (Å²) in [7, 11) is 1.60. The molecule has 0 fully saturated rings. The molecular weight excluding hydrogens is 236 g/mol. The zero-order valence-electron chi connectivity index (χ0n) is 9.31. The summed E-state index contributed by atoms with van der Waals surface area (Å²) in [6.07, 6.45) is 0.819. The van der Waals surface area contributed by atoms with E-state index in [1.165, 1.54) is 0 Å². The van der Waals surface area contributed by atoms with Gasteiger partial charge in [-0.15, -0.1) is 0 Å². The van der Waals surface area contributed by atoms with E-state index >= 15 is 0 Å². The predicted octanol–water partition coefficient (Wildman–Crippen LogP) is 3.83. The van der Waals surface area contributed by atoms with Gasteiger partial charge in [-0.25, -0.2) is 0 Å². The lowest BCUT2D eigenvalue weighted by Gasteiger charge is -2.07. The average molecular weight is 247 g/mol. The van der Waals surface area contributed by atoms with Crippen LogP contribution in [0.4, 0.5) is 0 Å². The van der Waals surface area contributed by atoms with Crippen LogP contribution in [0, 0.1) is 0 Å². The molecule has 0 aliphatic carbocycles. The van der Waals surface area contributed by atoms with E-state index in [1.807, 2.05) is 24.3 Å². The molecule has 0 spiro atoms. The molecule has 0 aliphatic rings. The first-order valence-corrected chi connectivity index (χ1v) is 5.51. The Morgan fingerprint density at radius 3 is 2.35 bits per heavy atom. The van der Waals surface area contributed by atoms with Crippen LogP contribution in [0.2, 0.25) is 5.02 Å². The maximum atomic E-state index is 10.6. The van der Waals surface area contributed by atoms with Gasteiger partial charge >= 0.3 is 0 Å². The Balaban J connectivity index is 2.41. The number of ether oxygens (including phenoxy) is 1. The van der Waals surface area contributed by atoms with Crippen LogP contribution in [0.5, 0.6) is 5.75 Å². The molecule has 2 aromatic carbocycles. The van der Waals surface area contributed by atoms with Gasteiger partial charge in [-0.2, -0.15) is 0 Å². The lowest BCUT2D eigenvalue weighted by molar-refractivity contribution is 0.112. The fraction of sp³-hybridized carbons (Fsp3) is 0.0714. The number of carbonyl (C=O) groups excluding carboxylic acids is 1. The lowest BCUT2D eigenvalue weighted by atomic mass is 10.0. The third-order valence-electron chi connectivity index (χ3n) is 2.53. The van der Waals surface area contributed by atoms with Crippen LogP contribution in [0.1, 0.15) is 10.4 Å². The van der Waals surface area contributed by atoms with Crippen molar-refractivity contribution in [2.45, 2.75) is 0 Å². The highest BCUT2D eigenvalue weighted by Crippen LogP contribution is 2.31. The first-order valence-electron chi connectivity index (χ1n) is 5.14. The quantitative estimate of drug-likeness (QED) is 0.770. The molecule has 2 aromatic rings. The molecule has 2 nitrogen and oxygen atoms in total. The summed E-state index contributed by atoms with van der Waals surface area (Å²) >= 11 is 6.17. The zero-order valence-corrected chi connectivity index (χ0v) is 10.1. The van der Waals surface area contributed by atoms with Gasteiger partial charge in [0, 0.05) is 11.1 Å². The van der Waals surface area contributed by atoms with Gasteiger partial charge in [0.2, 0.25) is 0 Å². The maximum Gasteiger partial charge on any atom is 0.150 e. The van der Waals surface area contributed by atoms with Crippen molar-refractivity contribution in [1.82, 2.24) is 0 Å². The number of methoxy groups -OCH3 is 1. The van der Waals surface area contributed by atoms with Crippen LogP contribution in [0.15, 0.2) is 42.5 Å². The minimum atomic E-state index is 0.628. The average Bonchev–Trinajstić information content (AvgIpc) is 2.39. The molecule has 2 rings (SSSR count). The van der Waals surface area contributed by atoms with Gasteiger partial charge in [-0.05, 0) is 23.8 Å². The van der Waals surface area contributed by atoms with Crippen molar-refractivity contribution >= 4 is 17.9 Å². The smallest absolute Gasteiger partial charge is 0.150 e. The molecule has 0 unspecified atom stereocenters. The summed E-state index contributed by atoms with van der Waals surface area (Å²) < 4.78 is 5.09. The SMILES string of the molecule is COc1ccc(-c2ccc(C=O)cc2)c(Cl)c1. The Morgan fingerprint density at radius 2 is 1.82 bits per heavy atom. The number of hydrogen-bond donors (Lipinski definition) is 0. The van der Waals surface area contributed by atoms with E-state index in [0.717, 1.165) is 23.2 Å². The minimum Gasteiger partial charge on any atom is -0.497 e. The molecule has 0 N–H and O–H groups in total. The lowest BCUT2D eigenvalue weighted by Crippen LogP contribution is -1.85. The molecule has 0 bridgehead atoms. The van der Waals surface area contributed by atoms with Gasteiger partial charge in [0.15, 0.2) is 0 Å². The maximum absolute atomic E-state index is 10.6. The first-order chi connectivity index (χ1) is 8.24. The Bertz CT molecular complexity index is 532. The zero-order chi connectivity index (χ0) is 12.3. The van der Waals surface area contributed by atoms with Gasteiger partial charge in [0.25, 0.3) is 0 Å². The summed E-state index contributed by atoms with van der Waals surface area (Å²) in [5.74, 6) is 0.725. The molecule has 0 heterocycles. The van der Waals surface area contributed by atoms with E-state index in [-0.39, 0.29) is 0 Å². The monoisotopic (exact) mass is 246 g/mol. The summed E-state index contributed by atoms with van der Waals surface area (Å²) in [6, 6.07) is 12.8. The largest absolute Gasteiger partial charge is 0.497 e. The number of halogens is 1. The normalized spacial score (nSPS) is 10.0. The topological polar surface area (TPSA) is 26.3 Å². The second kappa shape index (κ2) is 5.02. The summed E-state index contributed by atoms with van der Waals surface area (Å²) in [5.41, 5.74) is 2.55. The molecule has 0 atom stereocenters. The Labute approximate surface area is 105 Å². The molecule has 0 saturated heterocycles. The van der Waals surface area contributed by atoms with Gasteiger partial charge < -0.3 is 4.74 Å². The number of aldehydes is 1. The third kappa shape index (κ3) is 2.48. The van der Waals surface area contributed by atoms with E-state index in [1.54, 1.807) is 25.3 Å². The molecule has 0 amide bonds. The van der Waals surface area contributed by atoms with E-state index in [4.69, 9.17) is 16.3 Å². The molecule has 0 saturated carbocycles. The van der Waals surface area contributed by atoms with Crippen LogP contribution >= 0.6 is 11.6 Å². The summed E-state index contributed by atoms with van der Waals surface area (Å²) in [4.78, 5) is 10.6.